The lowest BCUT2D eigenvalue weighted by molar-refractivity contribution is -0.187. The highest BCUT2D eigenvalue weighted by Crippen LogP contribution is 2.45. The summed E-state index contributed by atoms with van der Waals surface area (Å²) in [5.41, 5.74) is -1.04. The first-order valence-electron chi connectivity index (χ1n) is 14.4. The highest BCUT2D eigenvalue weighted by Gasteiger charge is 2.59. The van der Waals surface area contributed by atoms with Gasteiger partial charge < -0.3 is 23.4 Å². The maximum Gasteiger partial charge on any atom is 0.207 e. The monoisotopic (exact) mass is 598 g/mol. The molecule has 0 amide bonds. The van der Waals surface area contributed by atoms with Crippen molar-refractivity contribution in [2.24, 2.45) is 5.41 Å². The summed E-state index contributed by atoms with van der Waals surface area (Å²) < 4.78 is 60.1. The number of hydrogen-bond acceptors (Lipinski definition) is 8. The van der Waals surface area contributed by atoms with Crippen LogP contribution < -0.4 is 0 Å². The molecule has 2 heterocycles. The van der Waals surface area contributed by atoms with Gasteiger partial charge in [-0.05, 0) is 42.6 Å². The van der Waals surface area contributed by atoms with Gasteiger partial charge in [0.2, 0.25) is 9.84 Å². The zero-order valence-electron chi connectivity index (χ0n) is 26.1. The highest BCUT2D eigenvalue weighted by molar-refractivity contribution is 7.92. The van der Waals surface area contributed by atoms with E-state index in [1.807, 2.05) is 0 Å². The molecule has 1 aromatic rings. The second-order valence-corrected chi connectivity index (χ2v) is 21.0. The fourth-order valence-corrected chi connectivity index (χ4v) is 13.4. The fraction of sp³-hybridized carbons (Fsp3) is 0.767. The Morgan fingerprint density at radius 3 is 1.98 bits per heavy atom. The summed E-state index contributed by atoms with van der Waals surface area (Å²) in [6.45, 7) is 22.1. The van der Waals surface area contributed by atoms with Gasteiger partial charge in [0.05, 0.1) is 11.5 Å². The van der Waals surface area contributed by atoms with Crippen LogP contribution in [0.2, 0.25) is 16.6 Å². The van der Waals surface area contributed by atoms with Crippen molar-refractivity contribution in [1.29, 1.82) is 0 Å². The quantitative estimate of drug-likeness (QED) is 0.291. The van der Waals surface area contributed by atoms with Gasteiger partial charge in [-0.3, -0.25) is 4.79 Å². The van der Waals surface area contributed by atoms with E-state index in [2.05, 4.69) is 41.5 Å². The molecule has 1 aromatic carbocycles. The molecular formula is C30H50O8SSi. The van der Waals surface area contributed by atoms with Crippen molar-refractivity contribution in [3.63, 3.8) is 0 Å². The number of sulfone groups is 1. The van der Waals surface area contributed by atoms with Gasteiger partial charge in [-0.25, -0.2) is 8.42 Å². The Kier molecular flexibility index (Phi) is 10.2. The van der Waals surface area contributed by atoms with E-state index in [1.54, 1.807) is 52.8 Å². The topological polar surface area (TPSA) is 97.4 Å². The zero-order chi connectivity index (χ0) is 30.3. The Morgan fingerprint density at radius 1 is 0.950 bits per heavy atom. The molecule has 0 spiro atoms. The first kappa shape index (κ1) is 33.4. The lowest BCUT2D eigenvalue weighted by Gasteiger charge is -2.46. The molecule has 2 saturated heterocycles. The van der Waals surface area contributed by atoms with Crippen molar-refractivity contribution >= 4 is 23.9 Å². The van der Waals surface area contributed by atoms with Crippen LogP contribution in [0, 0.1) is 5.41 Å². The van der Waals surface area contributed by atoms with E-state index >= 15 is 0 Å². The minimum atomic E-state index is -4.04. The van der Waals surface area contributed by atoms with Crippen LogP contribution >= 0.6 is 0 Å². The number of hydrogen-bond donors (Lipinski definition) is 0. The summed E-state index contributed by atoms with van der Waals surface area (Å²) in [5.74, 6) is -1.15. The first-order chi connectivity index (χ1) is 18.3. The predicted molar refractivity (Wildman–Crippen MR) is 157 cm³/mol. The maximum atomic E-state index is 14.0. The largest absolute Gasteiger partial charge is 0.413 e. The molecule has 0 aliphatic carbocycles. The molecule has 0 N–H and O–H groups in total. The van der Waals surface area contributed by atoms with Gasteiger partial charge >= 0.3 is 0 Å². The molecule has 5 atom stereocenters. The second-order valence-electron chi connectivity index (χ2n) is 13.5. The van der Waals surface area contributed by atoms with E-state index in [1.165, 1.54) is 12.1 Å². The van der Waals surface area contributed by atoms with Gasteiger partial charge in [0.25, 0.3) is 0 Å². The molecule has 3 rings (SSSR count). The standard InChI is InChI=1S/C30H50O8SSi/c1-19(2)40(20(3)4,21(5)6)35-17-23-25-26(38-30(10,11)37-25)27(34-18-24(31)29(7,8)9)28(36-23)39(32,33)22-15-13-12-14-16-22/h12-16,19-21,23,25-28H,17-18H2,1-11H3/t23-,25+,26+,27-,28-/m1/s1. The molecule has 2 aliphatic rings. The van der Waals surface area contributed by atoms with E-state index in [0.717, 1.165) is 0 Å². The van der Waals surface area contributed by atoms with E-state index in [0.29, 0.717) is 16.6 Å². The molecule has 8 nitrogen and oxygen atoms in total. The Bertz CT molecular complexity index is 1090. The van der Waals surface area contributed by atoms with Gasteiger partial charge in [0.1, 0.15) is 31.0 Å². The van der Waals surface area contributed by atoms with Gasteiger partial charge in [-0.1, -0.05) is 80.5 Å². The van der Waals surface area contributed by atoms with Crippen molar-refractivity contribution in [2.75, 3.05) is 13.2 Å². The number of carbonyl (C=O) groups is 1. The van der Waals surface area contributed by atoms with Gasteiger partial charge in [-0.15, -0.1) is 0 Å². The lowest BCUT2D eigenvalue weighted by Crippen LogP contribution is -2.61. The van der Waals surface area contributed by atoms with Crippen LogP contribution in [0.5, 0.6) is 0 Å². The van der Waals surface area contributed by atoms with E-state index < -0.39 is 59.2 Å². The molecule has 2 aliphatic heterocycles. The summed E-state index contributed by atoms with van der Waals surface area (Å²) in [4.78, 5) is 12.9. The molecule has 40 heavy (non-hydrogen) atoms. The van der Waals surface area contributed by atoms with E-state index in [4.69, 9.17) is 23.4 Å². The SMILES string of the molecule is CC(C)[Si](OC[C@H]1O[C@H](S(=O)(=O)c2ccccc2)[C@H](OCC(=O)C(C)(C)C)[C@H]2OC(C)(C)O[C@H]21)(C(C)C)C(C)C. The number of ketones is 1. The van der Waals surface area contributed by atoms with E-state index in [-0.39, 0.29) is 23.9 Å². The minimum Gasteiger partial charge on any atom is -0.413 e. The average molecular weight is 599 g/mol. The predicted octanol–water partition coefficient (Wildman–Crippen LogP) is 5.90. The molecule has 2 fully saturated rings. The number of rotatable bonds is 11. The second kappa shape index (κ2) is 12.2. The average Bonchev–Trinajstić information content (AvgIpc) is 3.17. The summed E-state index contributed by atoms with van der Waals surface area (Å²) in [7, 11) is -6.34. The van der Waals surface area contributed by atoms with Crippen LogP contribution in [-0.4, -0.2) is 71.4 Å². The summed E-state index contributed by atoms with van der Waals surface area (Å²) in [5, 5.41) is 0. The van der Waals surface area contributed by atoms with Crippen LogP contribution in [0.15, 0.2) is 35.2 Å². The number of ether oxygens (including phenoxy) is 4. The summed E-state index contributed by atoms with van der Waals surface area (Å²) >= 11 is 0. The Hall–Kier alpha value is -1.14. The van der Waals surface area contributed by atoms with Crippen molar-refractivity contribution in [2.45, 2.75) is 133 Å². The fourth-order valence-electron chi connectivity index (χ4n) is 6.26. The molecule has 10 heteroatoms. The first-order valence-corrected chi connectivity index (χ1v) is 18.1. The smallest absolute Gasteiger partial charge is 0.207 e. The molecule has 0 radical (unpaired) electrons. The summed E-state index contributed by atoms with van der Waals surface area (Å²) in [6, 6.07) is 8.18. The van der Waals surface area contributed by atoms with Crippen molar-refractivity contribution in [3.05, 3.63) is 30.3 Å². The number of benzene rings is 1. The Labute approximate surface area is 242 Å². The van der Waals surface area contributed by atoms with Crippen LogP contribution in [0.3, 0.4) is 0 Å². The molecule has 0 bridgehead atoms. The Balaban J connectivity index is 2.04. The van der Waals surface area contributed by atoms with Gasteiger partial charge in [-0.2, -0.15) is 0 Å². The molecule has 0 unspecified atom stereocenters. The maximum absolute atomic E-state index is 14.0. The van der Waals surface area contributed by atoms with Crippen molar-refractivity contribution < 1.29 is 36.6 Å². The van der Waals surface area contributed by atoms with Gasteiger partial charge in [0, 0.05) is 5.41 Å². The third-order valence-corrected chi connectivity index (χ3v) is 16.3. The molecule has 228 valence electrons. The normalized spacial score (nSPS) is 27.4. The number of Topliss-reactive ketones (excluding diaryl/α,β-unsaturated/α-hetero) is 1. The zero-order valence-corrected chi connectivity index (χ0v) is 27.9. The number of carbonyl (C=O) groups excluding carboxylic acids is 1. The minimum absolute atomic E-state index is 0.113. The molecule has 0 aromatic heterocycles. The molecular weight excluding hydrogens is 548 g/mol. The van der Waals surface area contributed by atoms with Crippen LogP contribution in [0.4, 0.5) is 0 Å². The highest BCUT2D eigenvalue weighted by atomic mass is 32.2. The Morgan fingerprint density at radius 2 is 1.48 bits per heavy atom. The van der Waals surface area contributed by atoms with Crippen molar-refractivity contribution in [3.8, 4) is 0 Å². The third-order valence-electron chi connectivity index (χ3n) is 8.26. The lowest BCUT2D eigenvalue weighted by atomic mass is 9.91. The van der Waals surface area contributed by atoms with E-state index in [9.17, 15) is 13.2 Å². The van der Waals surface area contributed by atoms with Crippen LogP contribution in [-0.2, 0) is 38.0 Å². The van der Waals surface area contributed by atoms with Crippen LogP contribution in [0.1, 0.15) is 76.2 Å². The summed E-state index contributed by atoms with van der Waals surface area (Å²) in [6.07, 6.45) is -3.20. The third kappa shape index (κ3) is 6.74. The number of fused-ring (bicyclic) bond motifs is 1. The van der Waals surface area contributed by atoms with Gasteiger partial charge in [0.15, 0.2) is 25.3 Å². The molecule has 0 saturated carbocycles. The van der Waals surface area contributed by atoms with Crippen LogP contribution in [0.25, 0.3) is 0 Å². The van der Waals surface area contributed by atoms with Crippen molar-refractivity contribution in [1.82, 2.24) is 0 Å².